The van der Waals surface area contributed by atoms with Crippen LogP contribution in [0.2, 0.25) is 5.02 Å². The smallest absolute Gasteiger partial charge is 0.241 e. The molecule has 1 fully saturated rings. The van der Waals surface area contributed by atoms with E-state index < -0.39 is 0 Å². The van der Waals surface area contributed by atoms with E-state index in [1.54, 1.807) is 0 Å². The number of hydrogen-bond donors (Lipinski definition) is 1. The van der Waals surface area contributed by atoms with E-state index in [9.17, 15) is 4.79 Å². The number of unbranched alkanes of at least 4 members (excludes halogenated alkanes) is 1. The van der Waals surface area contributed by atoms with Crippen LogP contribution in [0, 0.1) is 0 Å². The number of allylic oxidation sites excluding steroid dienone is 3. The predicted molar refractivity (Wildman–Crippen MR) is 173 cm³/mol. The molecule has 8 heteroatoms. The van der Waals surface area contributed by atoms with Crippen molar-refractivity contribution in [2.75, 3.05) is 26.2 Å². The van der Waals surface area contributed by atoms with Crippen LogP contribution < -0.4 is 5.32 Å². The van der Waals surface area contributed by atoms with Crippen LogP contribution >= 0.6 is 27.5 Å². The Morgan fingerprint density at radius 3 is 2.83 bits per heavy atom. The van der Waals surface area contributed by atoms with Crippen LogP contribution in [-0.2, 0) is 24.2 Å². The number of aromatic nitrogens is 1. The van der Waals surface area contributed by atoms with Crippen LogP contribution in [0.15, 0.2) is 94.2 Å². The molecule has 3 aromatic rings. The Hall–Kier alpha value is -3.10. The van der Waals surface area contributed by atoms with Crippen molar-refractivity contribution >= 4 is 39.7 Å². The van der Waals surface area contributed by atoms with Crippen LogP contribution in [-0.4, -0.2) is 59.1 Å². The first-order valence-corrected chi connectivity index (χ1v) is 15.8. The molecule has 0 saturated carbocycles. The van der Waals surface area contributed by atoms with E-state index in [4.69, 9.17) is 16.6 Å². The molecular weight excluding hydrogens is 610 g/mol. The van der Waals surface area contributed by atoms with Gasteiger partial charge in [0.05, 0.1) is 17.8 Å². The molecule has 2 aromatic carbocycles. The van der Waals surface area contributed by atoms with E-state index in [-0.39, 0.29) is 18.0 Å². The summed E-state index contributed by atoms with van der Waals surface area (Å²) in [5, 5.41) is 4.30. The summed E-state index contributed by atoms with van der Waals surface area (Å²) >= 11 is 10.1. The van der Waals surface area contributed by atoms with Crippen molar-refractivity contribution in [2.24, 2.45) is 4.99 Å². The molecule has 6 rings (SSSR count). The third-order valence-corrected chi connectivity index (χ3v) is 8.95. The van der Waals surface area contributed by atoms with Gasteiger partial charge in [-0.1, -0.05) is 54.1 Å². The van der Waals surface area contributed by atoms with Gasteiger partial charge in [-0.15, -0.1) is 0 Å². The maximum absolute atomic E-state index is 14.2. The van der Waals surface area contributed by atoms with Crippen LogP contribution in [0.3, 0.4) is 0 Å². The molecule has 3 heterocycles. The highest BCUT2D eigenvalue weighted by atomic mass is 79.9. The number of piperazine rings is 1. The number of amides is 1. The van der Waals surface area contributed by atoms with Crippen molar-refractivity contribution in [1.29, 1.82) is 0 Å². The largest absolute Gasteiger partial charge is 0.337 e. The summed E-state index contributed by atoms with van der Waals surface area (Å²) in [6.45, 7) is 3.46. The number of carbonyl (C=O) groups excluding carboxylic acids is 1. The molecule has 1 aliphatic carbocycles. The molecule has 1 N–H and O–H groups in total. The van der Waals surface area contributed by atoms with Crippen molar-refractivity contribution in [1.82, 2.24) is 20.1 Å². The number of carbonyl (C=O) groups is 1. The average molecular weight is 645 g/mol. The number of nitrogens with one attached hydrogen (secondary N) is 1. The molecule has 1 saturated heterocycles. The maximum atomic E-state index is 14.2. The van der Waals surface area contributed by atoms with Gasteiger partial charge < -0.3 is 10.2 Å². The topological polar surface area (TPSA) is 60.8 Å². The van der Waals surface area contributed by atoms with Gasteiger partial charge in [0, 0.05) is 60.8 Å². The molecule has 3 aliphatic rings. The lowest BCUT2D eigenvalue weighted by atomic mass is 9.95. The zero-order valence-electron chi connectivity index (χ0n) is 23.6. The third-order valence-electron chi connectivity index (χ3n) is 8.28. The zero-order chi connectivity index (χ0) is 28.9. The Bertz CT molecular complexity index is 1450. The van der Waals surface area contributed by atoms with Gasteiger partial charge in [0.2, 0.25) is 5.91 Å². The van der Waals surface area contributed by atoms with Crippen molar-refractivity contribution in [3.63, 3.8) is 0 Å². The Kier molecular flexibility index (Phi) is 9.30. The number of fused-ring (bicyclic) bond motifs is 2. The summed E-state index contributed by atoms with van der Waals surface area (Å²) in [6.07, 6.45) is 13.4. The molecule has 0 spiro atoms. The lowest BCUT2D eigenvalue weighted by molar-refractivity contribution is -0.135. The first-order chi connectivity index (χ1) is 20.5. The summed E-state index contributed by atoms with van der Waals surface area (Å²) in [4.78, 5) is 27.7. The monoisotopic (exact) mass is 643 g/mol. The Labute approximate surface area is 261 Å². The SMILES string of the molecule is O=C([C@H]1CN([C@H]2c3ccc(Cl)cc3CCc3cc(Br)cnc32)CCN1)N(CCCC=C1C=CN=C1)Cc1ccccc1. The molecule has 2 atom stereocenters. The first-order valence-electron chi connectivity index (χ1n) is 14.7. The average Bonchev–Trinajstić information content (AvgIpc) is 3.48. The number of aliphatic imine (C=N–C) groups is 1. The van der Waals surface area contributed by atoms with Crippen LogP contribution in [0.25, 0.3) is 0 Å². The summed E-state index contributed by atoms with van der Waals surface area (Å²) < 4.78 is 0.987. The van der Waals surface area contributed by atoms with Crippen molar-refractivity contribution in [2.45, 2.75) is 44.3 Å². The quantitative estimate of drug-likeness (QED) is 0.293. The van der Waals surface area contributed by atoms with Gasteiger partial charge in [0.25, 0.3) is 0 Å². The standard InChI is InChI=1S/C34H35BrClN5O/c35-28-18-27-10-9-26-19-29(36)11-12-30(26)33(32(27)39-21-28)40-17-15-38-31(23-40)34(42)41(22-25-7-2-1-3-8-25)16-5-4-6-24-13-14-37-20-24/h1-3,6-8,11-14,18-21,31,33,38H,4-5,9-10,15-17,22-23H2/t31-,33+/m1/s1. The van der Waals surface area contributed by atoms with Crippen molar-refractivity contribution in [3.05, 3.63) is 122 Å². The molecule has 216 valence electrons. The van der Waals surface area contributed by atoms with Crippen LogP contribution in [0.4, 0.5) is 0 Å². The van der Waals surface area contributed by atoms with E-state index in [2.05, 4.69) is 67.5 Å². The predicted octanol–water partition coefficient (Wildman–Crippen LogP) is 6.29. The first kappa shape index (κ1) is 29.0. The molecule has 1 amide bonds. The van der Waals surface area contributed by atoms with E-state index in [0.29, 0.717) is 19.6 Å². The summed E-state index contributed by atoms with van der Waals surface area (Å²) in [5.74, 6) is 0.146. The number of hydrogen-bond acceptors (Lipinski definition) is 5. The number of halogens is 2. The van der Waals surface area contributed by atoms with Gasteiger partial charge in [-0.3, -0.25) is 19.7 Å². The van der Waals surface area contributed by atoms with E-state index in [1.165, 1.54) is 16.7 Å². The van der Waals surface area contributed by atoms with Gasteiger partial charge in [-0.25, -0.2) is 0 Å². The molecule has 0 unspecified atom stereocenters. The number of pyridine rings is 1. The van der Waals surface area contributed by atoms with E-state index >= 15 is 0 Å². The molecule has 42 heavy (non-hydrogen) atoms. The fourth-order valence-corrected chi connectivity index (χ4v) is 6.79. The number of aryl methyl sites for hydroxylation is 2. The second kappa shape index (κ2) is 13.5. The molecule has 2 aliphatic heterocycles. The number of nitrogens with zero attached hydrogens (tertiary/aromatic N) is 4. The molecular formula is C34H35BrClN5O. The lowest BCUT2D eigenvalue weighted by Crippen LogP contribution is -2.58. The molecule has 0 bridgehead atoms. The summed E-state index contributed by atoms with van der Waals surface area (Å²) in [5.41, 5.74) is 7.08. The highest BCUT2D eigenvalue weighted by Crippen LogP contribution is 2.38. The third kappa shape index (κ3) is 6.76. The van der Waals surface area contributed by atoms with E-state index in [0.717, 1.165) is 65.1 Å². The lowest BCUT2D eigenvalue weighted by Gasteiger charge is -2.40. The zero-order valence-corrected chi connectivity index (χ0v) is 25.9. The highest BCUT2D eigenvalue weighted by Gasteiger charge is 2.36. The van der Waals surface area contributed by atoms with Crippen molar-refractivity contribution < 1.29 is 4.79 Å². The normalized spacial score (nSPS) is 20.8. The Morgan fingerprint density at radius 2 is 2.00 bits per heavy atom. The fourth-order valence-electron chi connectivity index (χ4n) is 6.22. The molecule has 0 radical (unpaired) electrons. The number of benzene rings is 2. The fraction of sp³-hybridized carbons (Fsp3) is 0.324. The van der Waals surface area contributed by atoms with Crippen LogP contribution in [0.1, 0.15) is 46.8 Å². The van der Waals surface area contributed by atoms with E-state index in [1.807, 2.05) is 53.9 Å². The van der Waals surface area contributed by atoms with Gasteiger partial charge in [-0.05, 0) is 93.7 Å². The molecule has 6 nitrogen and oxygen atoms in total. The minimum Gasteiger partial charge on any atom is -0.337 e. The van der Waals surface area contributed by atoms with Gasteiger partial charge in [0.1, 0.15) is 0 Å². The Morgan fingerprint density at radius 1 is 1.14 bits per heavy atom. The summed E-state index contributed by atoms with van der Waals surface area (Å²) in [7, 11) is 0. The summed E-state index contributed by atoms with van der Waals surface area (Å²) in [6, 6.07) is 18.4. The van der Waals surface area contributed by atoms with Crippen molar-refractivity contribution in [3.8, 4) is 0 Å². The maximum Gasteiger partial charge on any atom is 0.241 e. The van der Waals surface area contributed by atoms with Gasteiger partial charge in [-0.2, -0.15) is 0 Å². The van der Waals surface area contributed by atoms with Gasteiger partial charge in [0.15, 0.2) is 0 Å². The Balaban J connectivity index is 1.24. The second-order valence-electron chi connectivity index (χ2n) is 11.1. The highest BCUT2D eigenvalue weighted by molar-refractivity contribution is 9.10. The minimum atomic E-state index is -0.302. The second-order valence-corrected chi connectivity index (χ2v) is 12.5. The molecule has 1 aromatic heterocycles. The number of rotatable bonds is 8. The van der Waals surface area contributed by atoms with Gasteiger partial charge >= 0.3 is 0 Å². The minimum absolute atomic E-state index is 0.0319. The van der Waals surface area contributed by atoms with Crippen LogP contribution in [0.5, 0.6) is 0 Å².